The highest BCUT2D eigenvalue weighted by Crippen LogP contribution is 2.21. The molecule has 1 aromatic carbocycles. The summed E-state index contributed by atoms with van der Waals surface area (Å²) in [7, 11) is -4.73. The zero-order valence-corrected chi connectivity index (χ0v) is 25.6. The van der Waals surface area contributed by atoms with Gasteiger partial charge in [0.25, 0.3) is 21.9 Å². The van der Waals surface area contributed by atoms with Crippen LogP contribution in [0.25, 0.3) is 0 Å². The number of aliphatic hydroxyl groups is 1. The van der Waals surface area contributed by atoms with E-state index in [0.29, 0.717) is 0 Å². The molecule has 1 aromatic rings. The largest absolute Gasteiger partial charge is 0.392 e. The number of amides is 7. The Hall–Kier alpha value is -4.39. The van der Waals surface area contributed by atoms with Gasteiger partial charge in [-0.15, -0.1) is 0 Å². The molecule has 1 aliphatic heterocycles. The van der Waals surface area contributed by atoms with E-state index in [9.17, 15) is 46.8 Å². The van der Waals surface area contributed by atoms with E-state index in [0.717, 1.165) is 23.1 Å². The van der Waals surface area contributed by atoms with Crippen LogP contribution in [0.5, 0.6) is 0 Å². The molecular weight excluding hydrogens is 616 g/mol. The number of benzene rings is 1. The standard InChI is InChI=1S/C27H38N6O11S/c1-16(2)24(32-21(35)9-12-44-13-11-33-22(36)7-8-23(33)37)26(39)31-19(4-3-10-29-27(28)40)25(38)30-18-6-5-17(15-34)20(14-18)45(41,42)43/h5-8,14,16,19,24,34H,3-4,9-13,15H2,1-2H3,(H,30,38)(H,31,39)(H,32,35)(H3,28,29,40)(H,41,42,43)/t19-,24?/m0/s1. The highest BCUT2D eigenvalue weighted by molar-refractivity contribution is 7.85. The number of aliphatic hydroxyl groups excluding tert-OH is 1. The lowest BCUT2D eigenvalue weighted by Gasteiger charge is -2.25. The number of hydrogen-bond donors (Lipinski definition) is 7. The maximum atomic E-state index is 13.2. The van der Waals surface area contributed by atoms with Crippen molar-refractivity contribution < 1.29 is 51.6 Å². The van der Waals surface area contributed by atoms with E-state index in [1.54, 1.807) is 13.8 Å². The number of nitrogens with two attached hydrogens (primary N) is 1. The number of nitrogens with zero attached hydrogens (tertiary/aromatic N) is 1. The number of urea groups is 1. The van der Waals surface area contributed by atoms with Crippen LogP contribution in [-0.4, -0.2) is 96.9 Å². The number of primary amides is 1. The molecule has 2 atom stereocenters. The first-order chi connectivity index (χ1) is 21.1. The Balaban J connectivity index is 2.04. The fourth-order valence-electron chi connectivity index (χ4n) is 4.14. The average Bonchev–Trinajstić information content (AvgIpc) is 3.28. The number of ether oxygens (including phenoxy) is 1. The van der Waals surface area contributed by atoms with Crippen molar-refractivity contribution in [3.8, 4) is 0 Å². The molecule has 0 fully saturated rings. The molecule has 0 saturated carbocycles. The molecule has 1 heterocycles. The molecular formula is C27H38N6O11S. The summed E-state index contributed by atoms with van der Waals surface area (Å²) < 4.78 is 38.3. The zero-order chi connectivity index (χ0) is 33.7. The average molecular weight is 655 g/mol. The zero-order valence-electron chi connectivity index (χ0n) is 24.8. The Bertz CT molecular complexity index is 1400. The lowest BCUT2D eigenvalue weighted by atomic mass is 10.0. The lowest BCUT2D eigenvalue weighted by Crippen LogP contribution is -2.54. The topological polar surface area (TPSA) is 264 Å². The third-order valence-corrected chi connectivity index (χ3v) is 7.42. The van der Waals surface area contributed by atoms with Gasteiger partial charge in [0.05, 0.1) is 26.4 Å². The highest BCUT2D eigenvalue weighted by Gasteiger charge is 2.29. The van der Waals surface area contributed by atoms with Gasteiger partial charge in [-0.1, -0.05) is 19.9 Å². The van der Waals surface area contributed by atoms with Crippen molar-refractivity contribution in [1.29, 1.82) is 0 Å². The molecule has 248 valence electrons. The van der Waals surface area contributed by atoms with Gasteiger partial charge in [-0.25, -0.2) is 4.79 Å². The van der Waals surface area contributed by atoms with Gasteiger partial charge < -0.3 is 36.8 Å². The van der Waals surface area contributed by atoms with E-state index in [4.69, 9.17) is 10.5 Å². The quantitative estimate of drug-likeness (QED) is 0.0560. The van der Waals surface area contributed by atoms with Crippen LogP contribution in [0.2, 0.25) is 0 Å². The molecule has 0 spiro atoms. The van der Waals surface area contributed by atoms with Crippen LogP contribution in [-0.2, 0) is 45.4 Å². The van der Waals surface area contributed by atoms with E-state index < -0.39 is 75.2 Å². The summed E-state index contributed by atoms with van der Waals surface area (Å²) >= 11 is 0. The smallest absolute Gasteiger partial charge is 0.312 e. The highest BCUT2D eigenvalue weighted by atomic mass is 32.2. The summed E-state index contributed by atoms with van der Waals surface area (Å²) in [6, 6.07) is 0.359. The summed E-state index contributed by atoms with van der Waals surface area (Å²) in [6.07, 6.45) is 2.35. The van der Waals surface area contributed by atoms with Gasteiger partial charge in [0, 0.05) is 30.8 Å². The summed E-state index contributed by atoms with van der Waals surface area (Å²) in [5.74, 6) is -3.33. The number of carbonyl (C=O) groups is 6. The van der Waals surface area contributed by atoms with E-state index in [2.05, 4.69) is 21.3 Å². The molecule has 45 heavy (non-hydrogen) atoms. The van der Waals surface area contributed by atoms with Crippen LogP contribution in [0.3, 0.4) is 0 Å². The first-order valence-corrected chi connectivity index (χ1v) is 15.3. The van der Waals surface area contributed by atoms with Crippen LogP contribution < -0.4 is 27.0 Å². The van der Waals surface area contributed by atoms with Gasteiger partial charge in [0.1, 0.15) is 17.0 Å². The summed E-state index contributed by atoms with van der Waals surface area (Å²) in [4.78, 5) is 73.5. The number of imide groups is 1. The number of hydrogen-bond acceptors (Lipinski definition) is 10. The van der Waals surface area contributed by atoms with Crippen LogP contribution in [0.4, 0.5) is 10.5 Å². The van der Waals surface area contributed by atoms with Gasteiger partial charge in [-0.05, 0) is 36.5 Å². The van der Waals surface area contributed by atoms with Gasteiger partial charge in [-0.2, -0.15) is 8.42 Å². The molecule has 0 saturated heterocycles. The molecule has 18 heteroatoms. The van der Waals surface area contributed by atoms with E-state index in [1.165, 1.54) is 12.1 Å². The van der Waals surface area contributed by atoms with Crippen LogP contribution >= 0.6 is 0 Å². The molecule has 1 unspecified atom stereocenters. The second kappa shape index (κ2) is 17.2. The van der Waals surface area contributed by atoms with Gasteiger partial charge in [-0.3, -0.25) is 33.4 Å². The van der Waals surface area contributed by atoms with Crippen LogP contribution in [0.15, 0.2) is 35.2 Å². The minimum absolute atomic E-state index is 0.00186. The molecule has 17 nitrogen and oxygen atoms in total. The third kappa shape index (κ3) is 11.9. The molecule has 0 radical (unpaired) electrons. The summed E-state index contributed by atoms with van der Waals surface area (Å²) in [5.41, 5.74) is 4.91. The first kappa shape index (κ1) is 36.8. The van der Waals surface area contributed by atoms with E-state index in [-0.39, 0.29) is 56.8 Å². The number of rotatable bonds is 18. The fourth-order valence-corrected chi connectivity index (χ4v) is 4.88. The van der Waals surface area contributed by atoms with E-state index >= 15 is 0 Å². The van der Waals surface area contributed by atoms with Crippen molar-refractivity contribution in [2.45, 2.75) is 56.7 Å². The molecule has 0 aromatic heterocycles. The van der Waals surface area contributed by atoms with Crippen LogP contribution in [0.1, 0.15) is 38.7 Å². The minimum Gasteiger partial charge on any atom is -0.392 e. The Morgan fingerprint density at radius 1 is 1.02 bits per heavy atom. The normalized spacial score (nSPS) is 14.3. The molecule has 0 bridgehead atoms. The number of nitrogens with one attached hydrogen (secondary N) is 4. The maximum Gasteiger partial charge on any atom is 0.312 e. The Kier molecular flexibility index (Phi) is 14.1. The number of anilines is 1. The maximum absolute atomic E-state index is 13.2. The number of carbonyl (C=O) groups excluding carboxylic acids is 6. The van der Waals surface area contributed by atoms with Crippen molar-refractivity contribution in [2.24, 2.45) is 11.7 Å². The van der Waals surface area contributed by atoms with Crippen molar-refractivity contribution >= 4 is 51.4 Å². The van der Waals surface area contributed by atoms with Crippen molar-refractivity contribution in [1.82, 2.24) is 20.9 Å². The van der Waals surface area contributed by atoms with Crippen molar-refractivity contribution in [3.05, 3.63) is 35.9 Å². The lowest BCUT2D eigenvalue weighted by molar-refractivity contribution is -0.138. The minimum atomic E-state index is -4.73. The predicted octanol–water partition coefficient (Wildman–Crippen LogP) is -1.23. The molecule has 7 amide bonds. The van der Waals surface area contributed by atoms with Crippen molar-refractivity contribution in [2.75, 3.05) is 31.6 Å². The van der Waals surface area contributed by atoms with Crippen LogP contribution in [0, 0.1) is 5.92 Å². The summed E-state index contributed by atoms with van der Waals surface area (Å²) in [5, 5.41) is 19.4. The molecule has 8 N–H and O–H groups in total. The SMILES string of the molecule is CC(C)C(NC(=O)CCOCCN1C(=O)C=CC1=O)C(=O)N[C@@H](CCCNC(N)=O)C(=O)Nc1ccc(CO)c(S(=O)(=O)O)c1. The Labute approximate surface area is 259 Å². The van der Waals surface area contributed by atoms with Crippen molar-refractivity contribution in [3.63, 3.8) is 0 Å². The Morgan fingerprint density at radius 2 is 1.69 bits per heavy atom. The van der Waals surface area contributed by atoms with E-state index in [1.807, 2.05) is 0 Å². The Morgan fingerprint density at radius 3 is 2.27 bits per heavy atom. The third-order valence-electron chi connectivity index (χ3n) is 6.48. The van der Waals surface area contributed by atoms with Gasteiger partial charge in [0.15, 0.2) is 0 Å². The summed E-state index contributed by atoms with van der Waals surface area (Å²) in [6.45, 7) is 2.70. The molecule has 2 rings (SSSR count). The molecule has 0 aliphatic carbocycles. The van der Waals surface area contributed by atoms with Gasteiger partial charge in [0.2, 0.25) is 17.7 Å². The fraction of sp³-hybridized carbons (Fsp3) is 0.481. The predicted molar refractivity (Wildman–Crippen MR) is 158 cm³/mol. The van der Waals surface area contributed by atoms with Gasteiger partial charge >= 0.3 is 6.03 Å². The first-order valence-electron chi connectivity index (χ1n) is 13.9. The monoisotopic (exact) mass is 654 g/mol. The second-order valence-corrected chi connectivity index (χ2v) is 11.6. The second-order valence-electron chi connectivity index (χ2n) is 10.3. The molecule has 1 aliphatic rings.